The Morgan fingerprint density at radius 1 is 0.750 bits per heavy atom. The molecule has 32 heavy (non-hydrogen) atoms. The van der Waals surface area contributed by atoms with Crippen molar-refractivity contribution in [2.24, 2.45) is 0 Å². The minimum atomic E-state index is -0.188. The number of hydrogen-bond acceptors (Lipinski definition) is 3. The third-order valence-electron chi connectivity index (χ3n) is 5.26. The smallest absolute Gasteiger partial charge is 0.251 e. The monoisotopic (exact) mass is 423 g/mol. The molecular weight excluding hydrogens is 398 g/mol. The molecule has 0 fully saturated rings. The van der Waals surface area contributed by atoms with Gasteiger partial charge in [-0.3, -0.25) is 9.59 Å². The summed E-state index contributed by atoms with van der Waals surface area (Å²) >= 11 is 0. The fraction of sp³-hybridized carbons (Fsp3) is 0.111. The predicted octanol–water partition coefficient (Wildman–Crippen LogP) is 5.38. The molecule has 1 atom stereocenters. The summed E-state index contributed by atoms with van der Waals surface area (Å²) in [5, 5.41) is 11.2. The van der Waals surface area contributed by atoms with E-state index in [1.807, 2.05) is 73.7 Å². The van der Waals surface area contributed by atoms with Gasteiger partial charge in [0.15, 0.2) is 0 Å². The number of anilines is 2. The lowest BCUT2D eigenvalue weighted by atomic mass is 10.1. The summed E-state index contributed by atoms with van der Waals surface area (Å²) in [5.74, 6) is -0.375. The average molecular weight is 424 g/mol. The van der Waals surface area contributed by atoms with Crippen molar-refractivity contribution in [1.82, 2.24) is 5.32 Å². The van der Waals surface area contributed by atoms with Gasteiger partial charge in [-0.25, -0.2) is 0 Å². The van der Waals surface area contributed by atoms with E-state index in [-0.39, 0.29) is 24.4 Å². The van der Waals surface area contributed by atoms with Crippen molar-refractivity contribution in [2.45, 2.75) is 13.0 Å². The van der Waals surface area contributed by atoms with Crippen LogP contribution in [0.5, 0.6) is 0 Å². The van der Waals surface area contributed by atoms with E-state index < -0.39 is 0 Å². The van der Waals surface area contributed by atoms with Gasteiger partial charge in [0.2, 0.25) is 5.91 Å². The lowest BCUT2D eigenvalue weighted by Crippen LogP contribution is -2.27. The molecule has 5 heteroatoms. The molecule has 0 bridgehead atoms. The van der Waals surface area contributed by atoms with Crippen molar-refractivity contribution in [3.8, 4) is 0 Å². The molecule has 2 amide bonds. The Kier molecular flexibility index (Phi) is 6.46. The van der Waals surface area contributed by atoms with Gasteiger partial charge in [0.25, 0.3) is 5.91 Å². The molecule has 4 aromatic carbocycles. The van der Waals surface area contributed by atoms with Gasteiger partial charge in [0, 0.05) is 16.9 Å². The third-order valence-corrected chi connectivity index (χ3v) is 5.26. The second-order valence-corrected chi connectivity index (χ2v) is 7.65. The number of rotatable bonds is 7. The highest BCUT2D eigenvalue weighted by Gasteiger charge is 2.12. The van der Waals surface area contributed by atoms with Crippen molar-refractivity contribution < 1.29 is 9.59 Å². The minimum absolute atomic E-state index is 0.117. The van der Waals surface area contributed by atoms with Gasteiger partial charge < -0.3 is 16.0 Å². The van der Waals surface area contributed by atoms with Crippen molar-refractivity contribution >= 4 is 34.0 Å². The van der Waals surface area contributed by atoms with Crippen LogP contribution in [-0.4, -0.2) is 18.4 Å². The Labute approximate surface area is 187 Å². The maximum Gasteiger partial charge on any atom is 0.251 e. The summed E-state index contributed by atoms with van der Waals surface area (Å²) in [6, 6.07) is 30.7. The molecule has 0 spiro atoms. The van der Waals surface area contributed by atoms with Crippen LogP contribution >= 0.6 is 0 Å². The summed E-state index contributed by atoms with van der Waals surface area (Å²) in [6.45, 7) is 2.07. The van der Waals surface area contributed by atoms with Crippen LogP contribution in [-0.2, 0) is 4.79 Å². The molecule has 4 aromatic rings. The molecule has 0 saturated carbocycles. The zero-order chi connectivity index (χ0) is 22.3. The van der Waals surface area contributed by atoms with Crippen LogP contribution in [0, 0.1) is 0 Å². The van der Waals surface area contributed by atoms with Gasteiger partial charge >= 0.3 is 0 Å². The number of amides is 2. The standard InChI is InChI=1S/C27H25N3O2/c1-19(20-8-3-2-4-9-20)29-27(32)23-12-7-13-25(17-23)30-26(31)18-28-24-15-14-21-10-5-6-11-22(21)16-24/h2-17,19,28H,18H2,1H3,(H,29,32)(H,30,31). The first-order valence-corrected chi connectivity index (χ1v) is 10.6. The van der Waals surface area contributed by atoms with E-state index in [0.717, 1.165) is 22.0 Å². The van der Waals surface area contributed by atoms with Gasteiger partial charge in [-0.2, -0.15) is 0 Å². The van der Waals surface area contributed by atoms with E-state index >= 15 is 0 Å². The third kappa shape index (κ3) is 5.32. The van der Waals surface area contributed by atoms with Crippen LogP contribution in [0.2, 0.25) is 0 Å². The quantitative estimate of drug-likeness (QED) is 0.374. The van der Waals surface area contributed by atoms with Gasteiger partial charge in [-0.15, -0.1) is 0 Å². The number of nitrogens with one attached hydrogen (secondary N) is 3. The van der Waals surface area contributed by atoms with E-state index in [0.29, 0.717) is 11.3 Å². The number of hydrogen-bond donors (Lipinski definition) is 3. The van der Waals surface area contributed by atoms with Crippen LogP contribution in [0.1, 0.15) is 28.9 Å². The van der Waals surface area contributed by atoms with Crippen LogP contribution < -0.4 is 16.0 Å². The van der Waals surface area contributed by atoms with Gasteiger partial charge in [0.1, 0.15) is 0 Å². The summed E-state index contributed by atoms with van der Waals surface area (Å²) < 4.78 is 0. The average Bonchev–Trinajstić information content (AvgIpc) is 2.83. The molecule has 5 nitrogen and oxygen atoms in total. The number of benzene rings is 4. The normalized spacial score (nSPS) is 11.5. The fourth-order valence-corrected chi connectivity index (χ4v) is 3.53. The molecule has 1 unspecified atom stereocenters. The van der Waals surface area contributed by atoms with E-state index in [2.05, 4.69) is 22.0 Å². The Bertz CT molecular complexity index is 1240. The lowest BCUT2D eigenvalue weighted by Gasteiger charge is -2.15. The fourth-order valence-electron chi connectivity index (χ4n) is 3.53. The van der Waals surface area contributed by atoms with E-state index in [1.54, 1.807) is 24.3 Å². The Morgan fingerprint density at radius 3 is 2.31 bits per heavy atom. The molecule has 0 aliphatic heterocycles. The molecule has 0 aliphatic rings. The van der Waals surface area contributed by atoms with Crippen molar-refractivity contribution in [3.05, 3.63) is 108 Å². The topological polar surface area (TPSA) is 70.2 Å². The molecule has 4 rings (SSSR count). The van der Waals surface area contributed by atoms with Crippen LogP contribution in [0.4, 0.5) is 11.4 Å². The highest BCUT2D eigenvalue weighted by atomic mass is 16.2. The largest absolute Gasteiger partial charge is 0.376 e. The first kappa shape index (κ1) is 21.1. The zero-order valence-corrected chi connectivity index (χ0v) is 17.8. The molecule has 0 aromatic heterocycles. The Balaban J connectivity index is 1.34. The van der Waals surface area contributed by atoms with Crippen LogP contribution in [0.3, 0.4) is 0 Å². The number of carbonyl (C=O) groups is 2. The minimum Gasteiger partial charge on any atom is -0.376 e. The van der Waals surface area contributed by atoms with E-state index in [9.17, 15) is 9.59 Å². The molecular formula is C27H25N3O2. The summed E-state index contributed by atoms with van der Waals surface area (Å²) in [4.78, 5) is 25.1. The highest BCUT2D eigenvalue weighted by Crippen LogP contribution is 2.19. The number of carbonyl (C=O) groups excluding carboxylic acids is 2. The van der Waals surface area contributed by atoms with Gasteiger partial charge in [-0.05, 0) is 53.6 Å². The van der Waals surface area contributed by atoms with Crippen molar-refractivity contribution in [3.63, 3.8) is 0 Å². The second-order valence-electron chi connectivity index (χ2n) is 7.65. The molecule has 3 N–H and O–H groups in total. The molecule has 0 saturated heterocycles. The molecule has 160 valence electrons. The summed E-state index contributed by atoms with van der Waals surface area (Å²) in [7, 11) is 0. The first-order valence-electron chi connectivity index (χ1n) is 10.6. The summed E-state index contributed by atoms with van der Waals surface area (Å²) in [6.07, 6.45) is 0. The molecule has 0 heterocycles. The predicted molar refractivity (Wildman–Crippen MR) is 130 cm³/mol. The van der Waals surface area contributed by atoms with Crippen molar-refractivity contribution in [2.75, 3.05) is 17.2 Å². The van der Waals surface area contributed by atoms with Gasteiger partial charge in [-0.1, -0.05) is 66.7 Å². The zero-order valence-electron chi connectivity index (χ0n) is 17.8. The van der Waals surface area contributed by atoms with Crippen LogP contribution in [0.25, 0.3) is 10.8 Å². The maximum atomic E-state index is 12.6. The highest BCUT2D eigenvalue weighted by molar-refractivity contribution is 5.98. The SMILES string of the molecule is CC(NC(=O)c1cccc(NC(=O)CNc2ccc3ccccc3c2)c1)c1ccccc1. The maximum absolute atomic E-state index is 12.6. The summed E-state index contributed by atoms with van der Waals surface area (Å²) in [5.41, 5.74) is 2.98. The number of fused-ring (bicyclic) bond motifs is 1. The van der Waals surface area contributed by atoms with E-state index in [4.69, 9.17) is 0 Å². The Morgan fingerprint density at radius 2 is 1.50 bits per heavy atom. The van der Waals surface area contributed by atoms with Crippen LogP contribution in [0.15, 0.2) is 97.1 Å². The van der Waals surface area contributed by atoms with Crippen molar-refractivity contribution in [1.29, 1.82) is 0 Å². The molecule has 0 aliphatic carbocycles. The first-order chi connectivity index (χ1) is 15.6. The van der Waals surface area contributed by atoms with Gasteiger partial charge in [0.05, 0.1) is 12.6 Å². The van der Waals surface area contributed by atoms with E-state index in [1.165, 1.54) is 0 Å². The second kappa shape index (κ2) is 9.79. The Hall–Kier alpha value is -4.12. The lowest BCUT2D eigenvalue weighted by molar-refractivity contribution is -0.114. The molecule has 0 radical (unpaired) electrons.